The highest BCUT2D eigenvalue weighted by molar-refractivity contribution is 7.14. The average molecular weight is 280 g/mol. The van der Waals surface area contributed by atoms with Crippen molar-refractivity contribution >= 4 is 22.2 Å². The molecule has 2 saturated heterocycles. The van der Waals surface area contributed by atoms with Crippen molar-refractivity contribution in [3.05, 3.63) is 16.5 Å². The molecule has 2 aliphatic heterocycles. The van der Waals surface area contributed by atoms with Crippen LogP contribution in [0, 0.1) is 0 Å². The van der Waals surface area contributed by atoms with E-state index in [0.29, 0.717) is 10.9 Å². The number of anilines is 1. The van der Waals surface area contributed by atoms with Crippen LogP contribution in [-0.2, 0) is 4.74 Å². The third-order valence-corrected chi connectivity index (χ3v) is 4.90. The van der Waals surface area contributed by atoms with Gasteiger partial charge >= 0.3 is 0 Å². The van der Waals surface area contributed by atoms with Crippen molar-refractivity contribution in [1.29, 1.82) is 0 Å². The lowest BCUT2D eigenvalue weighted by atomic mass is 9.96. The van der Waals surface area contributed by atoms with E-state index in [-0.39, 0.29) is 5.91 Å². The number of thiophene rings is 1. The van der Waals surface area contributed by atoms with Crippen LogP contribution in [0.3, 0.4) is 0 Å². The minimum atomic E-state index is 0.125. The highest BCUT2D eigenvalue weighted by atomic mass is 32.1. The Hall–Kier alpha value is -1.07. The highest BCUT2D eigenvalue weighted by Gasteiger charge is 2.29. The second kappa shape index (κ2) is 5.51. The molecule has 0 bridgehead atoms. The molecule has 19 heavy (non-hydrogen) atoms. The summed E-state index contributed by atoms with van der Waals surface area (Å²) in [5, 5.41) is 2.71. The monoisotopic (exact) mass is 280 g/mol. The van der Waals surface area contributed by atoms with E-state index in [1.54, 1.807) is 0 Å². The highest BCUT2D eigenvalue weighted by Crippen LogP contribution is 2.36. The molecule has 3 heterocycles. The molecule has 3 rings (SSSR count). The van der Waals surface area contributed by atoms with Gasteiger partial charge in [0.1, 0.15) is 0 Å². The smallest absolute Gasteiger partial charge is 0.257 e. The molecule has 5 heteroatoms. The van der Waals surface area contributed by atoms with E-state index in [1.165, 1.54) is 17.8 Å². The first-order valence-electron chi connectivity index (χ1n) is 7.01. The predicted molar refractivity (Wildman–Crippen MR) is 76.7 cm³/mol. The van der Waals surface area contributed by atoms with Gasteiger partial charge in [-0.3, -0.25) is 4.79 Å². The molecule has 2 fully saturated rings. The van der Waals surface area contributed by atoms with Crippen LogP contribution in [0.2, 0.25) is 0 Å². The average Bonchev–Trinajstić information content (AvgIpc) is 3.08. The summed E-state index contributed by atoms with van der Waals surface area (Å²) in [5.74, 6) is 0.470. The Morgan fingerprint density at radius 2 is 2.16 bits per heavy atom. The maximum Gasteiger partial charge on any atom is 0.257 e. The van der Waals surface area contributed by atoms with Crippen molar-refractivity contribution < 1.29 is 9.53 Å². The lowest BCUT2D eigenvalue weighted by Crippen LogP contribution is -2.36. The van der Waals surface area contributed by atoms with Gasteiger partial charge in [-0.25, -0.2) is 0 Å². The van der Waals surface area contributed by atoms with Gasteiger partial charge < -0.3 is 15.4 Å². The molecule has 1 aromatic heterocycles. The number of nitrogens with two attached hydrogens (primary N) is 1. The van der Waals surface area contributed by atoms with Crippen molar-refractivity contribution in [3.63, 3.8) is 0 Å². The van der Waals surface area contributed by atoms with E-state index in [9.17, 15) is 4.79 Å². The molecule has 1 unspecified atom stereocenters. The van der Waals surface area contributed by atoms with E-state index >= 15 is 0 Å². The third-order valence-electron chi connectivity index (χ3n) is 4.07. The third kappa shape index (κ3) is 2.49. The minimum absolute atomic E-state index is 0.125. The number of amides is 1. The Balaban J connectivity index is 1.86. The standard InChI is InChI=1S/C14H20N2O2S/c15-13-12(14(17)16-5-2-1-3-6-16)11(9-19-13)10-4-7-18-8-10/h9-10H,1-8,15H2. The van der Waals surface area contributed by atoms with Crippen molar-refractivity contribution in [1.82, 2.24) is 4.90 Å². The van der Waals surface area contributed by atoms with E-state index in [0.717, 1.165) is 56.7 Å². The minimum Gasteiger partial charge on any atom is -0.390 e. The Morgan fingerprint density at radius 3 is 2.84 bits per heavy atom. The molecule has 1 atom stereocenters. The van der Waals surface area contributed by atoms with Gasteiger partial charge in [-0.1, -0.05) is 0 Å². The number of nitrogen functional groups attached to an aromatic ring is 1. The van der Waals surface area contributed by atoms with E-state index in [4.69, 9.17) is 10.5 Å². The molecule has 1 amide bonds. The first kappa shape index (κ1) is 12.9. The number of rotatable bonds is 2. The summed E-state index contributed by atoms with van der Waals surface area (Å²) < 4.78 is 5.44. The molecule has 104 valence electrons. The van der Waals surface area contributed by atoms with Gasteiger partial charge in [-0.2, -0.15) is 0 Å². The zero-order chi connectivity index (χ0) is 13.2. The fraction of sp³-hybridized carbons (Fsp3) is 0.643. The molecule has 1 aromatic rings. The van der Waals surface area contributed by atoms with Crippen LogP contribution in [0.25, 0.3) is 0 Å². The SMILES string of the molecule is Nc1scc(C2CCOC2)c1C(=O)N1CCCCC1. The maximum atomic E-state index is 12.7. The summed E-state index contributed by atoms with van der Waals surface area (Å²) in [6.07, 6.45) is 4.44. The van der Waals surface area contributed by atoms with Crippen molar-refractivity contribution in [2.75, 3.05) is 32.0 Å². The number of piperidine rings is 1. The largest absolute Gasteiger partial charge is 0.390 e. The molecule has 0 radical (unpaired) electrons. The summed E-state index contributed by atoms with van der Waals surface area (Å²) >= 11 is 1.48. The van der Waals surface area contributed by atoms with Crippen LogP contribution in [0.5, 0.6) is 0 Å². The van der Waals surface area contributed by atoms with Crippen LogP contribution < -0.4 is 5.73 Å². The van der Waals surface area contributed by atoms with Crippen LogP contribution in [0.4, 0.5) is 5.00 Å². The van der Waals surface area contributed by atoms with Gasteiger partial charge in [0, 0.05) is 25.6 Å². The molecule has 2 aliphatic rings. The summed E-state index contributed by atoms with van der Waals surface area (Å²) in [6.45, 7) is 3.25. The Kier molecular flexibility index (Phi) is 3.75. The number of hydrogen-bond acceptors (Lipinski definition) is 4. The van der Waals surface area contributed by atoms with Gasteiger partial charge in [0.05, 0.1) is 17.2 Å². The normalized spacial score (nSPS) is 23.8. The van der Waals surface area contributed by atoms with Gasteiger partial charge in [-0.05, 0) is 36.6 Å². The number of nitrogens with zero attached hydrogens (tertiary/aromatic N) is 1. The topological polar surface area (TPSA) is 55.6 Å². The molecule has 0 aliphatic carbocycles. The maximum absolute atomic E-state index is 12.7. The van der Waals surface area contributed by atoms with Crippen LogP contribution >= 0.6 is 11.3 Å². The molecule has 0 saturated carbocycles. The Morgan fingerprint density at radius 1 is 1.37 bits per heavy atom. The predicted octanol–water partition coefficient (Wildman–Crippen LogP) is 2.46. The molecular formula is C14H20N2O2S. The van der Waals surface area contributed by atoms with Crippen molar-refractivity contribution in [2.24, 2.45) is 0 Å². The number of carbonyl (C=O) groups excluding carboxylic acids is 1. The fourth-order valence-electron chi connectivity index (χ4n) is 2.95. The van der Waals surface area contributed by atoms with E-state index < -0.39 is 0 Å². The van der Waals surface area contributed by atoms with Crippen molar-refractivity contribution in [3.8, 4) is 0 Å². The Bertz CT molecular complexity index is 460. The number of likely N-dealkylation sites (tertiary alicyclic amines) is 1. The zero-order valence-corrected chi connectivity index (χ0v) is 11.9. The lowest BCUT2D eigenvalue weighted by molar-refractivity contribution is 0.0724. The van der Waals surface area contributed by atoms with Crippen LogP contribution in [-0.4, -0.2) is 37.1 Å². The van der Waals surface area contributed by atoms with Gasteiger partial charge in [0.25, 0.3) is 5.91 Å². The first-order chi connectivity index (χ1) is 9.27. The second-order valence-electron chi connectivity index (χ2n) is 5.34. The van der Waals surface area contributed by atoms with Gasteiger partial charge in [0.15, 0.2) is 0 Å². The molecular weight excluding hydrogens is 260 g/mol. The molecule has 0 aromatic carbocycles. The van der Waals surface area contributed by atoms with Gasteiger partial charge in [-0.15, -0.1) is 11.3 Å². The summed E-state index contributed by atoms with van der Waals surface area (Å²) in [7, 11) is 0. The number of ether oxygens (including phenoxy) is 1. The summed E-state index contributed by atoms with van der Waals surface area (Å²) in [5.41, 5.74) is 7.91. The fourth-order valence-corrected chi connectivity index (χ4v) is 3.84. The second-order valence-corrected chi connectivity index (χ2v) is 6.25. The lowest BCUT2D eigenvalue weighted by Gasteiger charge is -2.27. The molecule has 2 N–H and O–H groups in total. The van der Waals surface area contributed by atoms with E-state index in [2.05, 4.69) is 0 Å². The van der Waals surface area contributed by atoms with Crippen molar-refractivity contribution in [2.45, 2.75) is 31.6 Å². The first-order valence-corrected chi connectivity index (χ1v) is 7.89. The molecule has 0 spiro atoms. The van der Waals surface area contributed by atoms with Crippen LogP contribution in [0.1, 0.15) is 47.5 Å². The quantitative estimate of drug-likeness (QED) is 0.905. The Labute approximate surface area is 117 Å². The van der Waals surface area contributed by atoms with Gasteiger partial charge in [0.2, 0.25) is 0 Å². The number of carbonyl (C=O) groups is 1. The molecule has 4 nitrogen and oxygen atoms in total. The number of hydrogen-bond donors (Lipinski definition) is 1. The zero-order valence-electron chi connectivity index (χ0n) is 11.1. The summed E-state index contributed by atoms with van der Waals surface area (Å²) in [6, 6.07) is 0. The van der Waals surface area contributed by atoms with E-state index in [1.807, 2.05) is 10.3 Å². The summed E-state index contributed by atoms with van der Waals surface area (Å²) in [4.78, 5) is 14.6. The van der Waals surface area contributed by atoms with Crippen LogP contribution in [0.15, 0.2) is 5.38 Å².